The van der Waals surface area contributed by atoms with E-state index in [2.05, 4.69) is 20.9 Å². The van der Waals surface area contributed by atoms with Gasteiger partial charge in [-0.05, 0) is 22.0 Å². The summed E-state index contributed by atoms with van der Waals surface area (Å²) >= 11 is 3.12. The maximum Gasteiger partial charge on any atom is 0.427 e. The van der Waals surface area contributed by atoms with E-state index >= 15 is 0 Å². The summed E-state index contributed by atoms with van der Waals surface area (Å²) in [6, 6.07) is 3.90. The molecule has 8 heteroatoms. The fourth-order valence-corrected chi connectivity index (χ4v) is 1.95. The lowest BCUT2D eigenvalue weighted by atomic mass is 10.3. The highest BCUT2D eigenvalue weighted by atomic mass is 79.9. The first-order chi connectivity index (χ1) is 8.88. The van der Waals surface area contributed by atoms with E-state index in [1.165, 1.54) is 16.7 Å². The molecule has 0 radical (unpaired) electrons. The van der Waals surface area contributed by atoms with Gasteiger partial charge in [0, 0.05) is 24.5 Å². The topological polar surface area (TPSA) is 70.2 Å². The molecular formula is C11H9BrFN3O3. The Morgan fingerprint density at radius 3 is 2.74 bits per heavy atom. The molecule has 0 saturated carbocycles. The third-order valence-electron chi connectivity index (χ3n) is 2.47. The van der Waals surface area contributed by atoms with Gasteiger partial charge in [-0.1, -0.05) is 15.9 Å². The zero-order valence-corrected chi connectivity index (χ0v) is 11.6. The van der Waals surface area contributed by atoms with Gasteiger partial charge in [-0.15, -0.1) is 0 Å². The van der Waals surface area contributed by atoms with Gasteiger partial charge >= 0.3 is 11.7 Å². The lowest BCUT2D eigenvalue weighted by Gasteiger charge is -2.06. The van der Waals surface area contributed by atoms with Crippen LogP contribution >= 0.6 is 15.9 Å². The fraction of sp³-hybridized carbons (Fsp3) is 0.182. The fourth-order valence-electron chi connectivity index (χ4n) is 1.51. The van der Waals surface area contributed by atoms with Crippen LogP contribution in [0, 0.1) is 22.9 Å². The van der Waals surface area contributed by atoms with Crippen LogP contribution < -0.4 is 4.74 Å². The average molecular weight is 330 g/mol. The number of hydrogen-bond acceptors (Lipinski definition) is 4. The maximum absolute atomic E-state index is 13.2. The average Bonchev–Trinajstić information content (AvgIpc) is 2.56. The van der Waals surface area contributed by atoms with Crippen molar-refractivity contribution in [2.45, 2.75) is 6.92 Å². The van der Waals surface area contributed by atoms with Crippen LogP contribution in [0.2, 0.25) is 0 Å². The summed E-state index contributed by atoms with van der Waals surface area (Å²) in [6.07, 6.45) is 0. The molecular weight excluding hydrogens is 321 g/mol. The zero-order chi connectivity index (χ0) is 14.2. The Hall–Kier alpha value is -1.96. The van der Waals surface area contributed by atoms with Crippen LogP contribution in [0.1, 0.15) is 5.82 Å². The van der Waals surface area contributed by atoms with Crippen LogP contribution in [0.4, 0.5) is 10.2 Å². The first-order valence-corrected chi connectivity index (χ1v) is 5.99. The van der Waals surface area contributed by atoms with Gasteiger partial charge in [0.1, 0.15) is 11.6 Å². The zero-order valence-electron chi connectivity index (χ0n) is 10.1. The lowest BCUT2D eigenvalue weighted by molar-refractivity contribution is -0.390. The van der Waals surface area contributed by atoms with Crippen molar-refractivity contribution in [3.63, 3.8) is 0 Å². The second-order valence-electron chi connectivity index (χ2n) is 3.81. The number of hydrogen-bond donors (Lipinski definition) is 0. The molecule has 0 aliphatic rings. The molecule has 0 N–H and O–H groups in total. The third kappa shape index (κ3) is 2.73. The highest BCUT2D eigenvalue weighted by Gasteiger charge is 2.26. The highest BCUT2D eigenvalue weighted by Crippen LogP contribution is 2.32. The summed E-state index contributed by atoms with van der Waals surface area (Å²) in [4.78, 5) is 14.0. The largest absolute Gasteiger partial charge is 0.433 e. The van der Waals surface area contributed by atoms with Gasteiger partial charge < -0.3 is 14.9 Å². The van der Waals surface area contributed by atoms with Gasteiger partial charge in [0.15, 0.2) is 0 Å². The van der Waals surface area contributed by atoms with Crippen molar-refractivity contribution in [1.82, 2.24) is 9.55 Å². The van der Waals surface area contributed by atoms with E-state index in [0.717, 1.165) is 6.07 Å². The van der Waals surface area contributed by atoms with Crippen LogP contribution in [0.5, 0.6) is 11.6 Å². The van der Waals surface area contributed by atoms with Crippen molar-refractivity contribution in [2.75, 3.05) is 0 Å². The minimum Gasteiger partial charge on any atom is -0.433 e. The number of nitro groups is 1. The van der Waals surface area contributed by atoms with Crippen LogP contribution in [-0.2, 0) is 7.05 Å². The quantitative estimate of drug-likeness (QED) is 0.639. The van der Waals surface area contributed by atoms with Crippen molar-refractivity contribution in [3.05, 3.63) is 44.4 Å². The Morgan fingerprint density at radius 1 is 1.47 bits per heavy atom. The Bertz CT molecular complexity index is 637. The van der Waals surface area contributed by atoms with Crippen LogP contribution in [0.25, 0.3) is 0 Å². The molecule has 0 aliphatic carbocycles. The first kappa shape index (κ1) is 13.5. The summed E-state index contributed by atoms with van der Waals surface area (Å²) in [5, 5.41) is 10.9. The SMILES string of the molecule is Cc1nc([N+](=O)[O-])c(Oc2cc(F)cc(Br)c2)n1C. The van der Waals surface area contributed by atoms with Crippen molar-refractivity contribution >= 4 is 21.7 Å². The predicted octanol–water partition coefficient (Wildman–Crippen LogP) is 3.33. The molecule has 2 rings (SSSR count). The highest BCUT2D eigenvalue weighted by molar-refractivity contribution is 9.10. The normalized spacial score (nSPS) is 10.5. The number of benzene rings is 1. The summed E-state index contributed by atoms with van der Waals surface area (Å²) in [6.45, 7) is 1.61. The minimum atomic E-state index is -0.642. The Kier molecular flexibility index (Phi) is 3.52. The number of aromatic nitrogens is 2. The molecule has 6 nitrogen and oxygen atoms in total. The minimum absolute atomic E-state index is 0.0417. The van der Waals surface area contributed by atoms with E-state index < -0.39 is 16.6 Å². The van der Waals surface area contributed by atoms with Crippen molar-refractivity contribution in [3.8, 4) is 11.6 Å². The molecule has 0 bridgehead atoms. The number of nitrogens with zero attached hydrogens (tertiary/aromatic N) is 3. The van der Waals surface area contributed by atoms with Gasteiger partial charge in [-0.25, -0.2) is 4.39 Å². The Morgan fingerprint density at radius 2 is 2.16 bits per heavy atom. The Labute approximate surface area is 116 Å². The second-order valence-corrected chi connectivity index (χ2v) is 4.73. The third-order valence-corrected chi connectivity index (χ3v) is 2.93. The molecule has 0 spiro atoms. The Balaban J connectivity index is 2.45. The monoisotopic (exact) mass is 329 g/mol. The van der Waals surface area contributed by atoms with Gasteiger partial charge in [0.2, 0.25) is 5.82 Å². The summed E-state index contributed by atoms with van der Waals surface area (Å²) < 4.78 is 20.5. The molecule has 2 aromatic rings. The molecule has 100 valence electrons. The van der Waals surface area contributed by atoms with Crippen LogP contribution in [-0.4, -0.2) is 14.5 Å². The van der Waals surface area contributed by atoms with E-state index in [9.17, 15) is 14.5 Å². The molecule has 1 heterocycles. The van der Waals surface area contributed by atoms with Crippen molar-refractivity contribution in [1.29, 1.82) is 0 Å². The standard InChI is InChI=1S/C11H9BrFN3O3/c1-6-14-10(16(17)18)11(15(6)2)19-9-4-7(12)3-8(13)5-9/h3-5H,1-2H3. The molecule has 0 amide bonds. The number of aryl methyl sites for hydroxylation is 1. The van der Waals surface area contributed by atoms with Gasteiger partial charge in [0.25, 0.3) is 0 Å². The van der Waals surface area contributed by atoms with Gasteiger partial charge in [0.05, 0.1) is 0 Å². The number of halogens is 2. The molecule has 1 aromatic heterocycles. The van der Waals surface area contributed by atoms with E-state index in [4.69, 9.17) is 4.74 Å². The van der Waals surface area contributed by atoms with Gasteiger partial charge in [-0.2, -0.15) is 0 Å². The molecule has 0 unspecified atom stereocenters. The second kappa shape index (κ2) is 4.96. The number of imidazole rings is 1. The lowest BCUT2D eigenvalue weighted by Crippen LogP contribution is -1.98. The molecule has 0 atom stereocenters. The van der Waals surface area contributed by atoms with Crippen molar-refractivity contribution in [2.24, 2.45) is 7.05 Å². The van der Waals surface area contributed by atoms with Gasteiger partial charge in [-0.3, -0.25) is 4.57 Å². The maximum atomic E-state index is 13.2. The van der Waals surface area contributed by atoms with E-state index in [1.54, 1.807) is 14.0 Å². The number of rotatable bonds is 3. The van der Waals surface area contributed by atoms with Crippen LogP contribution in [0.3, 0.4) is 0 Å². The molecule has 0 aliphatic heterocycles. The van der Waals surface area contributed by atoms with E-state index in [1.807, 2.05) is 0 Å². The molecule has 1 aromatic carbocycles. The van der Waals surface area contributed by atoms with E-state index in [0.29, 0.717) is 10.3 Å². The van der Waals surface area contributed by atoms with Crippen LogP contribution in [0.15, 0.2) is 22.7 Å². The van der Waals surface area contributed by atoms with E-state index in [-0.39, 0.29) is 11.6 Å². The van der Waals surface area contributed by atoms with Crippen molar-refractivity contribution < 1.29 is 14.1 Å². The summed E-state index contributed by atoms with van der Waals surface area (Å²) in [7, 11) is 1.58. The molecule has 19 heavy (non-hydrogen) atoms. The summed E-state index contributed by atoms with van der Waals surface area (Å²) in [5.74, 6) is -0.374. The summed E-state index contributed by atoms with van der Waals surface area (Å²) in [5.41, 5.74) is 0. The first-order valence-electron chi connectivity index (χ1n) is 5.20. The number of ether oxygens (including phenoxy) is 1. The molecule has 0 fully saturated rings. The smallest absolute Gasteiger partial charge is 0.427 e. The molecule has 0 saturated heterocycles. The predicted molar refractivity (Wildman–Crippen MR) is 68.8 cm³/mol.